The van der Waals surface area contributed by atoms with Crippen molar-refractivity contribution in [3.63, 3.8) is 0 Å². The van der Waals surface area contributed by atoms with E-state index in [-0.39, 0.29) is 6.61 Å². The molecule has 34 heavy (non-hydrogen) atoms. The quantitative estimate of drug-likeness (QED) is 0.351. The van der Waals surface area contributed by atoms with Gasteiger partial charge in [0.1, 0.15) is 11.5 Å². The highest BCUT2D eigenvalue weighted by Gasteiger charge is 2.76. The Morgan fingerprint density at radius 3 is 2.53 bits per heavy atom. The first-order chi connectivity index (χ1) is 16.5. The number of nitrogens with one attached hydrogen (secondary N) is 1. The van der Waals surface area contributed by atoms with Crippen molar-refractivity contribution < 1.29 is 24.8 Å². The van der Waals surface area contributed by atoms with Gasteiger partial charge in [-0.25, -0.2) is 0 Å². The molecule has 1 aromatic heterocycles. The van der Waals surface area contributed by atoms with E-state index in [0.29, 0.717) is 30.2 Å². The Kier molecular flexibility index (Phi) is 6.12. The van der Waals surface area contributed by atoms with Crippen molar-refractivity contribution in [2.75, 3.05) is 26.8 Å². The number of nitrogens with zero attached hydrogens (tertiary/aromatic N) is 1. The molecule has 1 fully saturated rings. The van der Waals surface area contributed by atoms with Crippen LogP contribution in [0.5, 0.6) is 11.5 Å². The van der Waals surface area contributed by atoms with Crippen molar-refractivity contribution in [1.82, 2.24) is 10.3 Å². The summed E-state index contributed by atoms with van der Waals surface area (Å²) in [6.07, 6.45) is 1.88. The highest BCUT2D eigenvalue weighted by Crippen LogP contribution is 2.69. The van der Waals surface area contributed by atoms with Gasteiger partial charge in [0, 0.05) is 29.4 Å². The molecule has 3 aromatic rings. The lowest BCUT2D eigenvalue weighted by atomic mass is 9.70. The van der Waals surface area contributed by atoms with Crippen LogP contribution >= 0.6 is 15.9 Å². The lowest BCUT2D eigenvalue weighted by Gasteiger charge is -2.41. The van der Waals surface area contributed by atoms with E-state index in [0.717, 1.165) is 15.6 Å². The van der Waals surface area contributed by atoms with Crippen molar-refractivity contribution in [3.8, 4) is 11.5 Å². The topological polar surface area (TPSA) is 104 Å². The third-order valence-corrected chi connectivity index (χ3v) is 7.64. The predicted octanol–water partition coefficient (Wildman–Crippen LogP) is 2.68. The number of fused-ring (bicyclic) bond motifs is 3. The molecule has 2 heterocycles. The SMILES string of the molecule is COc1cncc2c1C1(O)[C@H](O)[C@H](CNCCO)C(c3ccccc3)[C@@]1(c1ccc(Br)cc1)O2. The molecule has 0 saturated heterocycles. The Morgan fingerprint density at radius 2 is 1.85 bits per heavy atom. The standard InChI is InChI=1S/C26H27BrN2O5/c1-33-20-14-29-15-21-23(20)25(32)24(31)19(13-28-11-12-30)22(16-5-3-2-4-6-16)26(25,34-21)17-7-9-18(27)10-8-17/h2-10,14-15,19,22,24,28,30-32H,11-13H2,1H3/t19-,22?,24-,25?,26-/m1/s1. The van der Waals surface area contributed by atoms with Crippen LogP contribution in [-0.4, -0.2) is 53.2 Å². The van der Waals surface area contributed by atoms with Crippen LogP contribution in [0.3, 0.4) is 0 Å². The van der Waals surface area contributed by atoms with Gasteiger partial charge < -0.3 is 30.1 Å². The number of methoxy groups -OCH3 is 1. The minimum atomic E-state index is -1.82. The molecule has 0 bridgehead atoms. The van der Waals surface area contributed by atoms with Gasteiger partial charge in [0.05, 0.1) is 37.8 Å². The third-order valence-electron chi connectivity index (χ3n) is 7.11. The fraction of sp³-hybridized carbons (Fsp3) is 0.346. The van der Waals surface area contributed by atoms with E-state index < -0.39 is 29.1 Å². The number of pyridine rings is 1. The smallest absolute Gasteiger partial charge is 0.177 e. The van der Waals surface area contributed by atoms with Gasteiger partial charge in [0.15, 0.2) is 11.2 Å². The fourth-order valence-electron chi connectivity index (χ4n) is 5.81. The number of benzene rings is 2. The van der Waals surface area contributed by atoms with Crippen molar-refractivity contribution in [1.29, 1.82) is 0 Å². The molecule has 2 aromatic carbocycles. The molecular formula is C26H27BrN2O5. The second-order valence-corrected chi connectivity index (χ2v) is 9.67. The van der Waals surface area contributed by atoms with E-state index in [2.05, 4.69) is 26.2 Å². The maximum atomic E-state index is 12.6. The largest absolute Gasteiger partial charge is 0.495 e. The average molecular weight is 527 g/mol. The Morgan fingerprint density at radius 1 is 1.12 bits per heavy atom. The molecule has 1 aliphatic heterocycles. The zero-order valence-electron chi connectivity index (χ0n) is 18.7. The first-order valence-electron chi connectivity index (χ1n) is 11.2. The zero-order valence-corrected chi connectivity index (χ0v) is 20.3. The molecule has 4 N–H and O–H groups in total. The highest BCUT2D eigenvalue weighted by atomic mass is 79.9. The lowest BCUT2D eigenvalue weighted by molar-refractivity contribution is -0.152. The Balaban J connectivity index is 1.80. The van der Waals surface area contributed by atoms with Gasteiger partial charge in [-0.15, -0.1) is 0 Å². The van der Waals surface area contributed by atoms with Gasteiger partial charge >= 0.3 is 0 Å². The number of hydrogen-bond acceptors (Lipinski definition) is 7. The van der Waals surface area contributed by atoms with Crippen LogP contribution in [0, 0.1) is 5.92 Å². The number of rotatable bonds is 7. The number of halogens is 1. The Labute approximate surface area is 206 Å². The molecule has 0 spiro atoms. The summed E-state index contributed by atoms with van der Waals surface area (Å²) >= 11 is 3.50. The Hall–Kier alpha value is -2.49. The van der Waals surface area contributed by atoms with Crippen LogP contribution in [0.15, 0.2) is 71.5 Å². The van der Waals surface area contributed by atoms with Crippen molar-refractivity contribution in [2.45, 2.75) is 23.2 Å². The molecule has 1 saturated carbocycles. The van der Waals surface area contributed by atoms with Gasteiger partial charge in [-0.1, -0.05) is 58.4 Å². The summed E-state index contributed by atoms with van der Waals surface area (Å²) in [7, 11) is 1.51. The molecule has 5 rings (SSSR count). The zero-order chi connectivity index (χ0) is 23.9. The average Bonchev–Trinajstić information content (AvgIpc) is 3.23. The maximum Gasteiger partial charge on any atom is 0.177 e. The van der Waals surface area contributed by atoms with E-state index >= 15 is 0 Å². The van der Waals surface area contributed by atoms with Crippen LogP contribution in [-0.2, 0) is 11.2 Å². The molecule has 178 valence electrons. The fourth-order valence-corrected chi connectivity index (χ4v) is 6.07. The number of aliphatic hydroxyl groups excluding tert-OH is 2. The first kappa shape index (κ1) is 23.3. The monoisotopic (exact) mass is 526 g/mol. The molecule has 2 aliphatic rings. The molecular weight excluding hydrogens is 500 g/mol. The summed E-state index contributed by atoms with van der Waals surface area (Å²) in [5, 5.41) is 37.0. The van der Waals surface area contributed by atoms with Crippen LogP contribution in [0.4, 0.5) is 0 Å². The Bertz CT molecular complexity index is 1160. The second-order valence-electron chi connectivity index (χ2n) is 8.75. The molecule has 5 atom stereocenters. The van der Waals surface area contributed by atoms with Gasteiger partial charge in [0.2, 0.25) is 0 Å². The number of ether oxygens (including phenoxy) is 2. The van der Waals surface area contributed by atoms with Gasteiger partial charge in [0.25, 0.3) is 0 Å². The van der Waals surface area contributed by atoms with E-state index in [1.807, 2.05) is 54.6 Å². The normalized spacial score (nSPS) is 29.4. The molecule has 2 unspecified atom stereocenters. The number of aliphatic hydroxyl groups is 3. The highest BCUT2D eigenvalue weighted by molar-refractivity contribution is 9.10. The molecule has 8 heteroatoms. The van der Waals surface area contributed by atoms with Crippen LogP contribution in [0.2, 0.25) is 0 Å². The molecule has 0 radical (unpaired) electrons. The van der Waals surface area contributed by atoms with Gasteiger partial charge in [-0.05, 0) is 23.3 Å². The second kappa shape index (κ2) is 8.94. The number of aromatic nitrogens is 1. The maximum absolute atomic E-state index is 12.6. The summed E-state index contributed by atoms with van der Waals surface area (Å²) in [5.74, 6) is -0.132. The lowest BCUT2D eigenvalue weighted by Crippen LogP contribution is -2.52. The first-order valence-corrected chi connectivity index (χ1v) is 12.0. The summed E-state index contributed by atoms with van der Waals surface area (Å²) in [6, 6.07) is 17.4. The van der Waals surface area contributed by atoms with Crippen LogP contribution in [0.1, 0.15) is 22.6 Å². The van der Waals surface area contributed by atoms with Crippen molar-refractivity contribution in [2.24, 2.45) is 5.92 Å². The minimum absolute atomic E-state index is 0.0280. The van der Waals surface area contributed by atoms with Crippen molar-refractivity contribution >= 4 is 15.9 Å². The summed E-state index contributed by atoms with van der Waals surface area (Å²) in [5.41, 5.74) is -1.12. The summed E-state index contributed by atoms with van der Waals surface area (Å²) < 4.78 is 13.2. The van der Waals surface area contributed by atoms with Crippen molar-refractivity contribution in [3.05, 3.63) is 88.2 Å². The van der Waals surface area contributed by atoms with E-state index in [4.69, 9.17) is 9.47 Å². The van der Waals surface area contributed by atoms with E-state index in [9.17, 15) is 15.3 Å². The van der Waals surface area contributed by atoms with Crippen LogP contribution < -0.4 is 14.8 Å². The third kappa shape index (κ3) is 3.21. The minimum Gasteiger partial charge on any atom is -0.495 e. The molecule has 7 nitrogen and oxygen atoms in total. The van der Waals surface area contributed by atoms with E-state index in [1.54, 1.807) is 6.20 Å². The van der Waals surface area contributed by atoms with Gasteiger partial charge in [-0.3, -0.25) is 4.98 Å². The van der Waals surface area contributed by atoms with Crippen LogP contribution in [0.25, 0.3) is 0 Å². The predicted molar refractivity (Wildman–Crippen MR) is 130 cm³/mol. The number of hydrogen-bond donors (Lipinski definition) is 4. The van der Waals surface area contributed by atoms with E-state index in [1.165, 1.54) is 13.3 Å². The molecule has 0 amide bonds. The summed E-state index contributed by atoms with van der Waals surface area (Å²) in [6.45, 7) is 0.715. The van der Waals surface area contributed by atoms with Gasteiger partial charge in [-0.2, -0.15) is 0 Å². The summed E-state index contributed by atoms with van der Waals surface area (Å²) in [4.78, 5) is 4.24. The molecule has 1 aliphatic carbocycles.